The molecular weight excluding hydrogens is 260 g/mol. The first kappa shape index (κ1) is 13.8. The highest BCUT2D eigenvalue weighted by Gasteiger charge is 2.32. The number of para-hydroxylation sites is 2. The van der Waals surface area contributed by atoms with E-state index in [1.54, 1.807) is 6.07 Å². The van der Waals surface area contributed by atoms with Crippen molar-refractivity contribution in [2.45, 2.75) is 19.8 Å². The fourth-order valence-electron chi connectivity index (χ4n) is 1.90. The van der Waals surface area contributed by atoms with Crippen molar-refractivity contribution in [3.05, 3.63) is 24.3 Å². The van der Waals surface area contributed by atoms with Gasteiger partial charge in [-0.1, -0.05) is 31.3 Å². The summed E-state index contributed by atoms with van der Waals surface area (Å²) in [6.07, 6.45) is 2.29. The van der Waals surface area contributed by atoms with E-state index < -0.39 is 0 Å². The lowest BCUT2D eigenvalue weighted by Gasteiger charge is -2.14. The van der Waals surface area contributed by atoms with Crippen LogP contribution in [0.1, 0.15) is 19.8 Å². The molecule has 0 heterocycles. The summed E-state index contributed by atoms with van der Waals surface area (Å²) in [5.41, 5.74) is 6.07. The number of benzene rings is 1. The molecule has 1 atom stereocenters. The first-order valence-corrected chi connectivity index (χ1v) is 6.79. The molecule has 1 amide bonds. The largest absolute Gasteiger partial charge is 0.484 e. The summed E-state index contributed by atoms with van der Waals surface area (Å²) in [4.78, 5) is 12.4. The van der Waals surface area contributed by atoms with E-state index in [1.165, 1.54) is 0 Å². The van der Waals surface area contributed by atoms with Gasteiger partial charge in [-0.2, -0.15) is 0 Å². The van der Waals surface area contributed by atoms with Gasteiger partial charge in [-0.3, -0.25) is 4.79 Å². The molecule has 0 spiro atoms. The molecule has 0 aromatic heterocycles. The predicted molar refractivity (Wildman–Crippen MR) is 79.2 cm³/mol. The Labute approximate surface area is 118 Å². The number of nitrogens with one attached hydrogen (secondary N) is 1. The topological polar surface area (TPSA) is 64.3 Å². The van der Waals surface area contributed by atoms with Gasteiger partial charge in [0, 0.05) is 5.92 Å². The summed E-state index contributed by atoms with van der Waals surface area (Å²) >= 11 is 4.78. The van der Waals surface area contributed by atoms with Crippen molar-refractivity contribution in [1.82, 2.24) is 0 Å². The molecule has 0 aliphatic heterocycles. The van der Waals surface area contributed by atoms with Crippen LogP contribution in [0.15, 0.2) is 24.3 Å². The minimum absolute atomic E-state index is 0.0360. The van der Waals surface area contributed by atoms with Crippen molar-refractivity contribution in [1.29, 1.82) is 0 Å². The number of hydrogen-bond donors (Lipinski definition) is 2. The van der Waals surface area contributed by atoms with E-state index >= 15 is 0 Å². The average Bonchev–Trinajstić information content (AvgIpc) is 3.21. The van der Waals surface area contributed by atoms with E-state index in [4.69, 9.17) is 22.7 Å². The fourth-order valence-corrected chi connectivity index (χ4v) is 1.96. The Kier molecular flexibility index (Phi) is 4.37. The predicted octanol–water partition coefficient (Wildman–Crippen LogP) is 2.34. The van der Waals surface area contributed by atoms with E-state index in [1.807, 2.05) is 25.1 Å². The number of ether oxygens (including phenoxy) is 1. The van der Waals surface area contributed by atoms with Crippen molar-refractivity contribution in [2.75, 3.05) is 11.9 Å². The highest BCUT2D eigenvalue weighted by atomic mass is 32.1. The van der Waals surface area contributed by atoms with Gasteiger partial charge in [0.25, 0.3) is 0 Å². The van der Waals surface area contributed by atoms with Gasteiger partial charge in [-0.25, -0.2) is 0 Å². The number of thiocarbonyl (C=S) groups is 1. The molecule has 1 aromatic rings. The highest BCUT2D eigenvalue weighted by Crippen LogP contribution is 2.37. The summed E-state index contributed by atoms with van der Waals surface area (Å²) in [5.74, 6) is 1.20. The lowest BCUT2D eigenvalue weighted by Crippen LogP contribution is -2.23. The summed E-state index contributed by atoms with van der Waals surface area (Å²) in [6, 6.07) is 7.29. The molecule has 0 saturated heterocycles. The lowest BCUT2D eigenvalue weighted by molar-refractivity contribution is -0.119. The van der Waals surface area contributed by atoms with Crippen LogP contribution >= 0.6 is 12.2 Å². The maximum Gasteiger partial charge on any atom is 0.227 e. The van der Waals surface area contributed by atoms with Crippen LogP contribution in [0.5, 0.6) is 5.75 Å². The molecule has 4 nitrogen and oxygen atoms in total. The Balaban J connectivity index is 2.02. The molecule has 1 saturated carbocycles. The summed E-state index contributed by atoms with van der Waals surface area (Å²) < 4.78 is 5.47. The summed E-state index contributed by atoms with van der Waals surface area (Å²) in [6.45, 7) is 2.13. The van der Waals surface area contributed by atoms with E-state index in [9.17, 15) is 4.79 Å². The summed E-state index contributed by atoms with van der Waals surface area (Å²) in [7, 11) is 0. The SMILES string of the molecule is CC(C(=O)Nc1ccccc1OCC(N)=S)C1CC1. The van der Waals surface area contributed by atoms with E-state index in [2.05, 4.69) is 5.32 Å². The Bertz CT molecular complexity index is 486. The molecule has 1 aromatic carbocycles. The maximum absolute atomic E-state index is 12.1. The van der Waals surface area contributed by atoms with E-state index in [0.717, 1.165) is 12.8 Å². The van der Waals surface area contributed by atoms with Crippen LogP contribution in [0, 0.1) is 11.8 Å². The van der Waals surface area contributed by atoms with Gasteiger partial charge >= 0.3 is 0 Å². The Morgan fingerprint density at radius 3 is 2.84 bits per heavy atom. The zero-order chi connectivity index (χ0) is 13.8. The second-order valence-electron chi connectivity index (χ2n) is 4.87. The summed E-state index contributed by atoms with van der Waals surface area (Å²) in [5, 5.41) is 2.91. The van der Waals surface area contributed by atoms with Crippen molar-refractivity contribution in [3.63, 3.8) is 0 Å². The molecule has 19 heavy (non-hydrogen) atoms. The van der Waals surface area contributed by atoms with Crippen molar-refractivity contribution in [2.24, 2.45) is 17.6 Å². The lowest BCUT2D eigenvalue weighted by atomic mass is 10.1. The standard InChI is InChI=1S/C14H18N2O2S/c1-9(10-6-7-10)14(17)16-11-4-2-3-5-12(11)18-8-13(15)19/h2-5,9-10H,6-8H2,1H3,(H2,15,19)(H,16,17). The Morgan fingerprint density at radius 1 is 1.53 bits per heavy atom. The molecule has 102 valence electrons. The number of rotatable bonds is 6. The molecule has 1 aliphatic rings. The van der Waals surface area contributed by atoms with Crippen molar-refractivity contribution >= 4 is 28.8 Å². The van der Waals surface area contributed by atoms with Gasteiger partial charge < -0.3 is 15.8 Å². The van der Waals surface area contributed by atoms with Crippen LogP contribution in [-0.2, 0) is 4.79 Å². The molecule has 2 rings (SSSR count). The van der Waals surface area contributed by atoms with Gasteiger partial charge in [0.1, 0.15) is 17.3 Å². The third-order valence-electron chi connectivity index (χ3n) is 3.26. The second kappa shape index (κ2) is 6.02. The molecule has 1 unspecified atom stereocenters. The van der Waals surface area contributed by atoms with Crippen LogP contribution in [-0.4, -0.2) is 17.5 Å². The van der Waals surface area contributed by atoms with Crippen LogP contribution in [0.4, 0.5) is 5.69 Å². The normalized spacial score (nSPS) is 15.6. The Hall–Kier alpha value is -1.62. The minimum Gasteiger partial charge on any atom is -0.484 e. The molecule has 3 N–H and O–H groups in total. The van der Waals surface area contributed by atoms with E-state index in [-0.39, 0.29) is 23.4 Å². The molecule has 0 radical (unpaired) electrons. The van der Waals surface area contributed by atoms with Crippen molar-refractivity contribution < 1.29 is 9.53 Å². The van der Waals surface area contributed by atoms with Gasteiger partial charge in [-0.15, -0.1) is 0 Å². The zero-order valence-corrected chi connectivity index (χ0v) is 11.7. The molecule has 1 aliphatic carbocycles. The fraction of sp³-hybridized carbons (Fsp3) is 0.429. The monoisotopic (exact) mass is 278 g/mol. The van der Waals surface area contributed by atoms with Gasteiger partial charge in [0.2, 0.25) is 5.91 Å². The smallest absolute Gasteiger partial charge is 0.227 e. The quantitative estimate of drug-likeness (QED) is 0.784. The van der Waals surface area contributed by atoms with Gasteiger partial charge in [0.15, 0.2) is 0 Å². The number of amides is 1. The number of carbonyl (C=O) groups is 1. The zero-order valence-electron chi connectivity index (χ0n) is 10.9. The van der Waals surface area contributed by atoms with Gasteiger partial charge in [-0.05, 0) is 30.9 Å². The first-order chi connectivity index (χ1) is 9.08. The minimum atomic E-state index is 0.0360. The molecule has 0 bridgehead atoms. The van der Waals surface area contributed by atoms with Crippen LogP contribution < -0.4 is 15.8 Å². The number of hydrogen-bond acceptors (Lipinski definition) is 3. The number of nitrogens with two attached hydrogens (primary N) is 1. The van der Waals surface area contributed by atoms with Crippen LogP contribution in [0.25, 0.3) is 0 Å². The third kappa shape index (κ3) is 3.92. The van der Waals surface area contributed by atoms with Gasteiger partial charge in [0.05, 0.1) is 5.69 Å². The molecular formula is C14H18N2O2S. The molecule has 5 heteroatoms. The highest BCUT2D eigenvalue weighted by molar-refractivity contribution is 7.80. The van der Waals surface area contributed by atoms with Crippen LogP contribution in [0.2, 0.25) is 0 Å². The van der Waals surface area contributed by atoms with Crippen molar-refractivity contribution in [3.8, 4) is 5.75 Å². The first-order valence-electron chi connectivity index (χ1n) is 6.39. The Morgan fingerprint density at radius 2 is 2.21 bits per heavy atom. The molecule has 1 fully saturated rings. The number of carbonyl (C=O) groups excluding carboxylic acids is 1. The average molecular weight is 278 g/mol. The second-order valence-corrected chi connectivity index (χ2v) is 5.39. The maximum atomic E-state index is 12.1. The van der Waals surface area contributed by atoms with Crippen LogP contribution in [0.3, 0.4) is 0 Å². The van der Waals surface area contributed by atoms with E-state index in [0.29, 0.717) is 17.4 Å². The third-order valence-corrected chi connectivity index (χ3v) is 3.38. The number of anilines is 1.